The highest BCUT2D eigenvalue weighted by Gasteiger charge is 2.11. The Morgan fingerprint density at radius 2 is 2.00 bits per heavy atom. The second kappa shape index (κ2) is 9.21. The number of anilines is 1. The van der Waals surface area contributed by atoms with Crippen LogP contribution in [0.15, 0.2) is 62.7 Å². The number of thiazole rings is 1. The van der Waals surface area contributed by atoms with Crippen molar-refractivity contribution in [2.75, 3.05) is 12.4 Å². The van der Waals surface area contributed by atoms with Gasteiger partial charge in [-0.05, 0) is 29.8 Å². The molecule has 134 valence electrons. The van der Waals surface area contributed by atoms with E-state index in [1.807, 2.05) is 41.8 Å². The normalized spacial score (nSPS) is 10.5. The Hall–Kier alpha value is -1.83. The molecule has 0 spiro atoms. The number of hydrogen-bond acceptors (Lipinski definition) is 5. The lowest BCUT2D eigenvalue weighted by Crippen LogP contribution is -2.15. The molecule has 2 aromatic carbocycles. The molecule has 1 N–H and O–H groups in total. The van der Waals surface area contributed by atoms with E-state index in [4.69, 9.17) is 4.74 Å². The van der Waals surface area contributed by atoms with E-state index in [0.717, 1.165) is 20.3 Å². The summed E-state index contributed by atoms with van der Waals surface area (Å²) in [5, 5.41) is 4.81. The zero-order valence-corrected chi connectivity index (χ0v) is 17.3. The number of hydrogen-bond donors (Lipinski definition) is 1. The zero-order valence-electron chi connectivity index (χ0n) is 14.1. The fraction of sp³-hybridized carbons (Fsp3) is 0.158. The Labute approximate surface area is 169 Å². The lowest BCUT2D eigenvalue weighted by atomic mass is 10.2. The Morgan fingerprint density at radius 3 is 2.77 bits per heavy atom. The highest BCUT2D eigenvalue weighted by atomic mass is 79.9. The maximum atomic E-state index is 12.3. The molecule has 7 heteroatoms. The van der Waals surface area contributed by atoms with Gasteiger partial charge in [0.2, 0.25) is 5.91 Å². The SMILES string of the molecule is COc1ccccc1NC(=O)Cc1csc(SCc2ccc(Br)cc2)n1. The molecule has 0 saturated carbocycles. The molecule has 0 aliphatic rings. The first-order valence-electron chi connectivity index (χ1n) is 7.88. The Bertz CT molecular complexity index is 881. The number of benzene rings is 2. The molecule has 0 fully saturated rings. The van der Waals surface area contributed by atoms with Crippen molar-refractivity contribution in [1.29, 1.82) is 0 Å². The van der Waals surface area contributed by atoms with Gasteiger partial charge in [0, 0.05) is 15.6 Å². The second-order valence-corrected chi connectivity index (χ2v) is 8.44. The van der Waals surface area contributed by atoms with Gasteiger partial charge in [-0.15, -0.1) is 11.3 Å². The van der Waals surface area contributed by atoms with Gasteiger partial charge in [0.05, 0.1) is 24.9 Å². The minimum Gasteiger partial charge on any atom is -0.495 e. The molecule has 0 radical (unpaired) electrons. The second-order valence-electron chi connectivity index (χ2n) is 5.45. The average molecular weight is 449 g/mol. The molecule has 4 nitrogen and oxygen atoms in total. The highest BCUT2D eigenvalue weighted by molar-refractivity contribution is 9.10. The average Bonchev–Trinajstić information content (AvgIpc) is 3.09. The van der Waals surface area contributed by atoms with Gasteiger partial charge in [-0.2, -0.15) is 0 Å². The van der Waals surface area contributed by atoms with E-state index in [2.05, 4.69) is 38.4 Å². The summed E-state index contributed by atoms with van der Waals surface area (Å²) >= 11 is 6.68. The van der Waals surface area contributed by atoms with Crippen LogP contribution in [0.2, 0.25) is 0 Å². The Kier molecular flexibility index (Phi) is 6.71. The standard InChI is InChI=1S/C19H17BrN2O2S2/c1-24-17-5-3-2-4-16(17)22-18(23)10-15-12-26-19(21-15)25-11-13-6-8-14(20)9-7-13/h2-9,12H,10-11H2,1H3,(H,22,23). The summed E-state index contributed by atoms with van der Waals surface area (Å²) in [6, 6.07) is 15.6. The number of amides is 1. The predicted octanol–water partition coefficient (Wildman–Crippen LogP) is 5.39. The summed E-state index contributed by atoms with van der Waals surface area (Å²) in [5.41, 5.74) is 2.68. The molecule has 1 aromatic heterocycles. The van der Waals surface area contributed by atoms with Crippen molar-refractivity contribution >= 4 is 50.6 Å². The van der Waals surface area contributed by atoms with E-state index >= 15 is 0 Å². The number of aromatic nitrogens is 1. The van der Waals surface area contributed by atoms with Crippen LogP contribution >= 0.6 is 39.0 Å². The summed E-state index contributed by atoms with van der Waals surface area (Å²) in [7, 11) is 1.58. The third-order valence-corrected chi connectivity index (χ3v) is 6.20. The molecule has 3 aromatic rings. The number of thioether (sulfide) groups is 1. The van der Waals surface area contributed by atoms with E-state index in [1.54, 1.807) is 30.2 Å². The van der Waals surface area contributed by atoms with Crippen LogP contribution in [0, 0.1) is 0 Å². The number of halogens is 1. The van der Waals surface area contributed by atoms with E-state index < -0.39 is 0 Å². The van der Waals surface area contributed by atoms with Crippen molar-refractivity contribution in [2.24, 2.45) is 0 Å². The predicted molar refractivity (Wildman–Crippen MR) is 111 cm³/mol. The number of carbonyl (C=O) groups excluding carboxylic acids is 1. The molecule has 0 bridgehead atoms. The van der Waals surface area contributed by atoms with Crippen molar-refractivity contribution in [3.8, 4) is 5.75 Å². The molecule has 1 amide bonds. The van der Waals surface area contributed by atoms with Crippen LogP contribution in [0.1, 0.15) is 11.3 Å². The van der Waals surface area contributed by atoms with Crippen LogP contribution in [-0.2, 0) is 17.0 Å². The fourth-order valence-electron chi connectivity index (χ4n) is 2.27. The first kappa shape index (κ1) is 18.9. The molecule has 0 unspecified atom stereocenters. The number of ether oxygens (including phenoxy) is 1. The van der Waals surface area contributed by atoms with Crippen molar-refractivity contribution in [2.45, 2.75) is 16.5 Å². The van der Waals surface area contributed by atoms with E-state index in [1.165, 1.54) is 5.56 Å². The van der Waals surface area contributed by atoms with Gasteiger partial charge in [0.25, 0.3) is 0 Å². The smallest absolute Gasteiger partial charge is 0.230 e. The van der Waals surface area contributed by atoms with Crippen LogP contribution < -0.4 is 10.1 Å². The molecule has 0 aliphatic heterocycles. The lowest BCUT2D eigenvalue weighted by molar-refractivity contribution is -0.115. The van der Waals surface area contributed by atoms with Gasteiger partial charge in [-0.25, -0.2) is 4.98 Å². The number of carbonyl (C=O) groups is 1. The molecule has 0 aliphatic carbocycles. The largest absolute Gasteiger partial charge is 0.495 e. The molecule has 1 heterocycles. The van der Waals surface area contributed by atoms with Gasteiger partial charge in [0.15, 0.2) is 0 Å². The summed E-state index contributed by atoms with van der Waals surface area (Å²) in [6.07, 6.45) is 0.243. The van der Waals surface area contributed by atoms with Gasteiger partial charge < -0.3 is 10.1 Å². The molecule has 26 heavy (non-hydrogen) atoms. The summed E-state index contributed by atoms with van der Waals surface area (Å²) in [4.78, 5) is 16.8. The summed E-state index contributed by atoms with van der Waals surface area (Å²) in [5.74, 6) is 1.39. The minimum absolute atomic E-state index is 0.107. The lowest BCUT2D eigenvalue weighted by Gasteiger charge is -2.08. The zero-order chi connectivity index (χ0) is 18.4. The van der Waals surface area contributed by atoms with E-state index in [0.29, 0.717) is 11.4 Å². The van der Waals surface area contributed by atoms with E-state index in [-0.39, 0.29) is 12.3 Å². The van der Waals surface area contributed by atoms with Crippen molar-refractivity contribution < 1.29 is 9.53 Å². The Balaban J connectivity index is 1.54. The fourth-order valence-corrected chi connectivity index (χ4v) is 4.33. The number of para-hydroxylation sites is 2. The monoisotopic (exact) mass is 448 g/mol. The van der Waals surface area contributed by atoms with Crippen LogP contribution in [-0.4, -0.2) is 18.0 Å². The molecular formula is C19H17BrN2O2S2. The molecule has 0 saturated heterocycles. The first-order valence-corrected chi connectivity index (χ1v) is 10.5. The highest BCUT2D eigenvalue weighted by Crippen LogP contribution is 2.27. The van der Waals surface area contributed by atoms with Gasteiger partial charge >= 0.3 is 0 Å². The molecular weight excluding hydrogens is 432 g/mol. The van der Waals surface area contributed by atoms with Crippen LogP contribution in [0.3, 0.4) is 0 Å². The minimum atomic E-state index is -0.107. The maximum absolute atomic E-state index is 12.3. The topological polar surface area (TPSA) is 51.2 Å². The number of rotatable bonds is 7. The third kappa shape index (κ3) is 5.33. The van der Waals surface area contributed by atoms with E-state index in [9.17, 15) is 4.79 Å². The first-order chi connectivity index (χ1) is 12.6. The van der Waals surface area contributed by atoms with Crippen LogP contribution in [0.4, 0.5) is 5.69 Å². The van der Waals surface area contributed by atoms with Gasteiger partial charge in [0.1, 0.15) is 10.1 Å². The van der Waals surface area contributed by atoms with Crippen molar-refractivity contribution in [1.82, 2.24) is 4.98 Å². The van der Waals surface area contributed by atoms with Gasteiger partial charge in [-0.3, -0.25) is 4.79 Å². The van der Waals surface area contributed by atoms with Crippen molar-refractivity contribution in [3.63, 3.8) is 0 Å². The molecule has 0 atom stereocenters. The quantitative estimate of drug-likeness (QED) is 0.492. The summed E-state index contributed by atoms with van der Waals surface area (Å²) in [6.45, 7) is 0. The maximum Gasteiger partial charge on any atom is 0.230 e. The number of nitrogens with zero attached hydrogens (tertiary/aromatic N) is 1. The molecule has 3 rings (SSSR count). The van der Waals surface area contributed by atoms with Gasteiger partial charge in [-0.1, -0.05) is 52.0 Å². The Morgan fingerprint density at radius 1 is 1.23 bits per heavy atom. The summed E-state index contributed by atoms with van der Waals surface area (Å²) < 4.78 is 7.29. The van der Waals surface area contributed by atoms with Crippen molar-refractivity contribution in [3.05, 3.63) is 69.6 Å². The van der Waals surface area contributed by atoms with Crippen LogP contribution in [0.5, 0.6) is 5.75 Å². The number of nitrogens with one attached hydrogen (secondary N) is 1. The third-order valence-electron chi connectivity index (χ3n) is 3.53. The number of methoxy groups -OCH3 is 1. The van der Waals surface area contributed by atoms with Crippen LogP contribution in [0.25, 0.3) is 0 Å².